The summed E-state index contributed by atoms with van der Waals surface area (Å²) in [6.45, 7) is -0.623. The lowest BCUT2D eigenvalue weighted by atomic mass is 10.0. The molecule has 5 heteroatoms. The molecule has 0 saturated carbocycles. The van der Waals surface area contributed by atoms with Gasteiger partial charge in [0.2, 0.25) is 0 Å². The Kier molecular flexibility index (Phi) is 3.55. The number of halogens is 4. The average Bonchev–Trinajstić information content (AvgIpc) is 2.14. The highest BCUT2D eigenvalue weighted by atomic mass is 19.4. The molecular formula is C10H11F4N. The quantitative estimate of drug-likeness (QED) is 0.615. The van der Waals surface area contributed by atoms with Gasteiger partial charge in [-0.15, -0.1) is 0 Å². The SMILES string of the molecule is Nc1ccc(CCCF)c(C(F)(F)F)c1. The summed E-state index contributed by atoms with van der Waals surface area (Å²) in [5, 5.41) is 0. The molecule has 0 aliphatic rings. The maximum atomic E-state index is 12.5. The van der Waals surface area contributed by atoms with Gasteiger partial charge in [0.15, 0.2) is 0 Å². The Hall–Kier alpha value is -1.26. The molecule has 0 radical (unpaired) electrons. The molecule has 0 fully saturated rings. The summed E-state index contributed by atoms with van der Waals surface area (Å²) >= 11 is 0. The third-order valence-corrected chi connectivity index (χ3v) is 2.02. The zero-order valence-corrected chi connectivity index (χ0v) is 7.94. The zero-order valence-electron chi connectivity index (χ0n) is 7.94. The molecule has 1 aromatic carbocycles. The average molecular weight is 221 g/mol. The Morgan fingerprint density at radius 3 is 2.40 bits per heavy atom. The second kappa shape index (κ2) is 4.51. The molecule has 1 aromatic rings. The van der Waals surface area contributed by atoms with Gasteiger partial charge >= 0.3 is 6.18 Å². The number of nitrogen functional groups attached to an aromatic ring is 1. The summed E-state index contributed by atoms with van der Waals surface area (Å²) in [4.78, 5) is 0. The van der Waals surface area contributed by atoms with Crippen LogP contribution in [0, 0.1) is 0 Å². The summed E-state index contributed by atoms with van der Waals surface area (Å²) in [5.74, 6) is 0. The molecule has 0 unspecified atom stereocenters. The van der Waals surface area contributed by atoms with E-state index in [2.05, 4.69) is 0 Å². The number of alkyl halides is 4. The highest BCUT2D eigenvalue weighted by Gasteiger charge is 2.33. The third kappa shape index (κ3) is 3.11. The third-order valence-electron chi connectivity index (χ3n) is 2.02. The van der Waals surface area contributed by atoms with Crippen molar-refractivity contribution in [2.24, 2.45) is 0 Å². The van der Waals surface area contributed by atoms with Crippen LogP contribution in [0.4, 0.5) is 23.2 Å². The van der Waals surface area contributed by atoms with E-state index in [9.17, 15) is 17.6 Å². The number of hydrogen-bond acceptors (Lipinski definition) is 1. The van der Waals surface area contributed by atoms with Crippen LogP contribution in [0.2, 0.25) is 0 Å². The monoisotopic (exact) mass is 221 g/mol. The number of hydrogen-bond donors (Lipinski definition) is 1. The predicted octanol–water partition coefficient (Wildman–Crippen LogP) is 3.19. The maximum absolute atomic E-state index is 12.5. The Bertz CT molecular complexity index is 333. The first-order valence-electron chi connectivity index (χ1n) is 4.46. The van der Waals surface area contributed by atoms with Crippen LogP contribution in [-0.2, 0) is 12.6 Å². The van der Waals surface area contributed by atoms with E-state index in [0.29, 0.717) is 0 Å². The van der Waals surface area contributed by atoms with E-state index in [1.807, 2.05) is 0 Å². The van der Waals surface area contributed by atoms with Gasteiger partial charge in [-0.05, 0) is 30.5 Å². The van der Waals surface area contributed by atoms with Crippen LogP contribution >= 0.6 is 0 Å². The van der Waals surface area contributed by atoms with E-state index in [1.54, 1.807) is 0 Å². The van der Waals surface area contributed by atoms with E-state index < -0.39 is 18.4 Å². The van der Waals surface area contributed by atoms with Gasteiger partial charge in [0.1, 0.15) is 0 Å². The fourth-order valence-corrected chi connectivity index (χ4v) is 1.33. The topological polar surface area (TPSA) is 26.0 Å². The van der Waals surface area contributed by atoms with Gasteiger partial charge < -0.3 is 5.73 Å². The van der Waals surface area contributed by atoms with Crippen LogP contribution in [-0.4, -0.2) is 6.67 Å². The van der Waals surface area contributed by atoms with Gasteiger partial charge in [0.25, 0.3) is 0 Å². The van der Waals surface area contributed by atoms with E-state index in [0.717, 1.165) is 6.07 Å². The minimum Gasteiger partial charge on any atom is -0.399 e. The molecule has 2 N–H and O–H groups in total. The number of nitrogens with two attached hydrogens (primary N) is 1. The second-order valence-electron chi connectivity index (χ2n) is 3.21. The summed E-state index contributed by atoms with van der Waals surface area (Å²) in [5.41, 5.74) is 4.66. The van der Waals surface area contributed by atoms with Crippen molar-refractivity contribution in [3.05, 3.63) is 29.3 Å². The van der Waals surface area contributed by atoms with Gasteiger partial charge in [-0.25, -0.2) is 0 Å². The Labute approximate surface area is 84.9 Å². The first kappa shape index (κ1) is 11.8. The lowest BCUT2D eigenvalue weighted by molar-refractivity contribution is -0.138. The molecule has 0 atom stereocenters. The van der Waals surface area contributed by atoms with Crippen LogP contribution in [0.25, 0.3) is 0 Å². The molecule has 0 spiro atoms. The van der Waals surface area contributed by atoms with Crippen molar-refractivity contribution in [2.75, 3.05) is 12.4 Å². The molecule has 0 bridgehead atoms. The van der Waals surface area contributed by atoms with Crippen molar-refractivity contribution in [1.82, 2.24) is 0 Å². The number of benzene rings is 1. The minimum absolute atomic E-state index is 0.0614. The van der Waals surface area contributed by atoms with E-state index in [-0.39, 0.29) is 24.1 Å². The van der Waals surface area contributed by atoms with E-state index in [4.69, 9.17) is 5.73 Å². The first-order chi connectivity index (χ1) is 6.95. The molecular weight excluding hydrogens is 210 g/mol. The summed E-state index contributed by atoms with van der Waals surface area (Å²) in [6.07, 6.45) is -4.26. The van der Waals surface area contributed by atoms with Crippen LogP contribution in [0.3, 0.4) is 0 Å². The summed E-state index contributed by atoms with van der Waals surface area (Å²) in [7, 11) is 0. The highest BCUT2D eigenvalue weighted by molar-refractivity contribution is 5.46. The highest BCUT2D eigenvalue weighted by Crippen LogP contribution is 2.33. The smallest absolute Gasteiger partial charge is 0.399 e. The first-order valence-corrected chi connectivity index (χ1v) is 4.46. The molecule has 0 saturated heterocycles. The summed E-state index contributed by atoms with van der Waals surface area (Å²) < 4.78 is 49.4. The van der Waals surface area contributed by atoms with Crippen LogP contribution in [0.15, 0.2) is 18.2 Å². The molecule has 1 nitrogen and oxygen atoms in total. The van der Waals surface area contributed by atoms with Crippen LogP contribution in [0.1, 0.15) is 17.5 Å². The second-order valence-corrected chi connectivity index (χ2v) is 3.21. The van der Waals surface area contributed by atoms with Crippen molar-refractivity contribution in [3.63, 3.8) is 0 Å². The van der Waals surface area contributed by atoms with Crippen molar-refractivity contribution >= 4 is 5.69 Å². The zero-order chi connectivity index (χ0) is 11.5. The number of aryl methyl sites for hydroxylation is 1. The fraction of sp³-hybridized carbons (Fsp3) is 0.400. The van der Waals surface area contributed by atoms with Crippen molar-refractivity contribution in [3.8, 4) is 0 Å². The van der Waals surface area contributed by atoms with Crippen LogP contribution in [0.5, 0.6) is 0 Å². The van der Waals surface area contributed by atoms with E-state index in [1.165, 1.54) is 12.1 Å². The number of rotatable bonds is 3. The lowest BCUT2D eigenvalue weighted by Gasteiger charge is -2.12. The Morgan fingerprint density at radius 1 is 1.20 bits per heavy atom. The maximum Gasteiger partial charge on any atom is 0.416 e. The minimum atomic E-state index is -4.43. The molecule has 84 valence electrons. The standard InChI is InChI=1S/C10H11F4N/c11-5-1-2-7-3-4-8(15)6-9(7)10(12,13)14/h3-4,6H,1-2,5,15H2. The molecule has 0 aromatic heterocycles. The molecule has 1 rings (SSSR count). The largest absolute Gasteiger partial charge is 0.416 e. The summed E-state index contributed by atoms with van der Waals surface area (Å²) in [6, 6.07) is 3.57. The van der Waals surface area contributed by atoms with Gasteiger partial charge in [-0.3, -0.25) is 4.39 Å². The van der Waals surface area contributed by atoms with Crippen molar-refractivity contribution < 1.29 is 17.6 Å². The molecule has 0 aliphatic heterocycles. The van der Waals surface area contributed by atoms with Crippen LogP contribution < -0.4 is 5.73 Å². The fourth-order valence-electron chi connectivity index (χ4n) is 1.33. The Morgan fingerprint density at radius 2 is 1.87 bits per heavy atom. The van der Waals surface area contributed by atoms with E-state index >= 15 is 0 Å². The Balaban J connectivity index is 3.04. The number of anilines is 1. The van der Waals surface area contributed by atoms with Gasteiger partial charge in [0, 0.05) is 5.69 Å². The van der Waals surface area contributed by atoms with Gasteiger partial charge in [-0.2, -0.15) is 13.2 Å². The molecule has 0 aliphatic carbocycles. The van der Waals surface area contributed by atoms with Crippen molar-refractivity contribution in [1.29, 1.82) is 0 Å². The van der Waals surface area contributed by atoms with Gasteiger partial charge in [0.05, 0.1) is 12.2 Å². The molecule has 15 heavy (non-hydrogen) atoms. The predicted molar refractivity (Wildman–Crippen MR) is 50.2 cm³/mol. The van der Waals surface area contributed by atoms with Crippen molar-refractivity contribution in [2.45, 2.75) is 19.0 Å². The lowest BCUT2D eigenvalue weighted by Crippen LogP contribution is -2.10. The molecule has 0 heterocycles. The normalized spacial score (nSPS) is 11.7. The molecule has 0 amide bonds. The van der Waals surface area contributed by atoms with Gasteiger partial charge in [-0.1, -0.05) is 6.07 Å².